The van der Waals surface area contributed by atoms with E-state index in [1.807, 2.05) is 43.3 Å². The standard InChI is InChI=1S/C19H18ClNO/c1-14-18(17(20)19(14)22)21(12-15-8-4-2-5-9-15)13-16-10-6-3-7-11-16/h2-11,17H,12-13H2,1H3. The number of hydrogen-bond acceptors (Lipinski definition) is 2. The molecule has 0 bridgehead atoms. The molecule has 0 radical (unpaired) electrons. The molecular weight excluding hydrogens is 294 g/mol. The van der Waals surface area contributed by atoms with Crippen LogP contribution in [0.4, 0.5) is 0 Å². The van der Waals surface area contributed by atoms with Gasteiger partial charge in [-0.1, -0.05) is 60.7 Å². The Morgan fingerprint density at radius 2 is 1.36 bits per heavy atom. The zero-order valence-electron chi connectivity index (χ0n) is 12.5. The van der Waals surface area contributed by atoms with E-state index in [1.165, 1.54) is 11.1 Å². The maximum Gasteiger partial charge on any atom is 0.184 e. The second kappa shape index (κ2) is 6.37. The number of hydrogen-bond donors (Lipinski definition) is 0. The summed E-state index contributed by atoms with van der Waals surface area (Å²) >= 11 is 6.24. The Morgan fingerprint density at radius 1 is 0.909 bits per heavy atom. The molecule has 112 valence electrons. The van der Waals surface area contributed by atoms with Crippen molar-refractivity contribution in [2.45, 2.75) is 25.4 Å². The van der Waals surface area contributed by atoms with E-state index in [0.717, 1.165) is 24.4 Å². The van der Waals surface area contributed by atoms with Gasteiger partial charge in [-0.15, -0.1) is 11.6 Å². The monoisotopic (exact) mass is 311 g/mol. The summed E-state index contributed by atoms with van der Waals surface area (Å²) in [6.45, 7) is 3.36. The average molecular weight is 312 g/mol. The molecule has 2 aromatic rings. The first-order chi connectivity index (χ1) is 10.7. The van der Waals surface area contributed by atoms with Crippen molar-refractivity contribution < 1.29 is 4.79 Å². The van der Waals surface area contributed by atoms with Crippen molar-refractivity contribution in [1.82, 2.24) is 4.90 Å². The van der Waals surface area contributed by atoms with Crippen LogP contribution in [0.25, 0.3) is 0 Å². The number of carbonyl (C=O) groups excluding carboxylic acids is 1. The van der Waals surface area contributed by atoms with Crippen molar-refractivity contribution >= 4 is 17.4 Å². The van der Waals surface area contributed by atoms with Crippen LogP contribution in [-0.2, 0) is 17.9 Å². The van der Waals surface area contributed by atoms with Gasteiger partial charge in [0, 0.05) is 24.4 Å². The summed E-state index contributed by atoms with van der Waals surface area (Å²) in [5, 5.41) is -0.507. The summed E-state index contributed by atoms with van der Waals surface area (Å²) in [5.74, 6) is 0.0443. The average Bonchev–Trinajstić information content (AvgIpc) is 2.56. The van der Waals surface area contributed by atoms with Gasteiger partial charge in [-0.25, -0.2) is 0 Å². The zero-order chi connectivity index (χ0) is 15.5. The van der Waals surface area contributed by atoms with Crippen molar-refractivity contribution in [3.8, 4) is 0 Å². The molecule has 1 aliphatic rings. The third-order valence-electron chi connectivity index (χ3n) is 4.00. The van der Waals surface area contributed by atoms with E-state index in [-0.39, 0.29) is 5.78 Å². The minimum atomic E-state index is -0.507. The number of alkyl halides is 1. The van der Waals surface area contributed by atoms with Gasteiger partial charge >= 0.3 is 0 Å². The molecule has 3 rings (SSSR count). The summed E-state index contributed by atoms with van der Waals surface area (Å²) in [6.07, 6.45) is 0. The third-order valence-corrected chi connectivity index (χ3v) is 4.40. The molecule has 0 spiro atoms. The Hall–Kier alpha value is -2.06. The maximum atomic E-state index is 11.8. The summed E-state index contributed by atoms with van der Waals surface area (Å²) < 4.78 is 0. The number of halogens is 1. The number of Topliss-reactive ketones (excluding diaryl/α,β-unsaturated/α-hetero) is 1. The normalized spacial score (nSPS) is 17.4. The van der Waals surface area contributed by atoms with Gasteiger partial charge in [0.2, 0.25) is 0 Å². The van der Waals surface area contributed by atoms with Gasteiger partial charge in [-0.3, -0.25) is 4.79 Å². The van der Waals surface area contributed by atoms with Gasteiger partial charge < -0.3 is 4.90 Å². The van der Waals surface area contributed by atoms with Crippen LogP contribution >= 0.6 is 11.6 Å². The number of allylic oxidation sites excluding steroid dienone is 2. The minimum absolute atomic E-state index is 0.0443. The molecular formula is C19H18ClNO. The van der Waals surface area contributed by atoms with Gasteiger partial charge in [0.1, 0.15) is 5.38 Å². The first-order valence-corrected chi connectivity index (χ1v) is 7.82. The molecule has 0 amide bonds. The Morgan fingerprint density at radius 3 is 1.77 bits per heavy atom. The number of nitrogens with zero attached hydrogens (tertiary/aromatic N) is 1. The first-order valence-electron chi connectivity index (χ1n) is 7.38. The van der Waals surface area contributed by atoms with Gasteiger partial charge in [-0.2, -0.15) is 0 Å². The van der Waals surface area contributed by atoms with E-state index in [9.17, 15) is 4.79 Å². The Labute approximate surface area is 136 Å². The van der Waals surface area contributed by atoms with Crippen molar-refractivity contribution in [3.63, 3.8) is 0 Å². The second-order valence-corrected chi connectivity index (χ2v) is 6.00. The summed E-state index contributed by atoms with van der Waals surface area (Å²) in [5.41, 5.74) is 4.16. The lowest BCUT2D eigenvalue weighted by Crippen LogP contribution is -2.41. The van der Waals surface area contributed by atoms with E-state index in [1.54, 1.807) is 0 Å². The number of ketones is 1. The highest BCUT2D eigenvalue weighted by Gasteiger charge is 2.38. The van der Waals surface area contributed by atoms with Gasteiger partial charge in [0.05, 0.1) is 0 Å². The fraction of sp³-hybridized carbons (Fsp3) is 0.211. The summed E-state index contributed by atoms with van der Waals surface area (Å²) in [4.78, 5) is 14.0. The van der Waals surface area contributed by atoms with Gasteiger partial charge in [-0.05, 0) is 18.1 Å². The lowest BCUT2D eigenvalue weighted by Gasteiger charge is -2.36. The minimum Gasteiger partial charge on any atom is -0.364 e. The van der Waals surface area contributed by atoms with Crippen LogP contribution < -0.4 is 0 Å². The first kappa shape index (κ1) is 14.9. The zero-order valence-corrected chi connectivity index (χ0v) is 13.3. The van der Waals surface area contributed by atoms with E-state index < -0.39 is 5.38 Å². The van der Waals surface area contributed by atoms with Crippen LogP contribution in [0.1, 0.15) is 18.1 Å². The molecule has 0 aliphatic heterocycles. The Kier molecular flexibility index (Phi) is 4.30. The molecule has 0 saturated carbocycles. The summed E-state index contributed by atoms with van der Waals surface area (Å²) in [7, 11) is 0. The molecule has 2 aromatic carbocycles. The van der Waals surface area contributed by atoms with Crippen molar-refractivity contribution in [3.05, 3.63) is 83.1 Å². The largest absolute Gasteiger partial charge is 0.364 e. The predicted molar refractivity (Wildman–Crippen MR) is 89.5 cm³/mol. The second-order valence-electron chi connectivity index (χ2n) is 5.56. The highest BCUT2D eigenvalue weighted by molar-refractivity contribution is 6.39. The molecule has 1 unspecified atom stereocenters. The van der Waals surface area contributed by atoms with E-state index in [0.29, 0.717) is 0 Å². The van der Waals surface area contributed by atoms with Crippen molar-refractivity contribution in [2.75, 3.05) is 0 Å². The maximum absolute atomic E-state index is 11.8. The van der Waals surface area contributed by atoms with Crippen LogP contribution in [0.5, 0.6) is 0 Å². The highest BCUT2D eigenvalue weighted by Crippen LogP contribution is 2.34. The molecule has 0 N–H and O–H groups in total. The lowest BCUT2D eigenvalue weighted by molar-refractivity contribution is -0.117. The summed E-state index contributed by atoms with van der Waals surface area (Å²) in [6, 6.07) is 20.5. The van der Waals surface area contributed by atoms with Gasteiger partial charge in [0.15, 0.2) is 5.78 Å². The topological polar surface area (TPSA) is 20.3 Å². The fourth-order valence-corrected chi connectivity index (χ4v) is 3.25. The number of carbonyl (C=O) groups is 1. The van der Waals surface area contributed by atoms with E-state index >= 15 is 0 Å². The fourth-order valence-electron chi connectivity index (χ4n) is 2.78. The van der Waals surface area contributed by atoms with Crippen LogP contribution in [0.15, 0.2) is 71.9 Å². The molecule has 0 fully saturated rings. The lowest BCUT2D eigenvalue weighted by atomic mass is 9.91. The third kappa shape index (κ3) is 2.93. The Balaban J connectivity index is 1.88. The van der Waals surface area contributed by atoms with E-state index in [4.69, 9.17) is 11.6 Å². The molecule has 2 nitrogen and oxygen atoms in total. The molecule has 0 aromatic heterocycles. The van der Waals surface area contributed by atoms with Crippen LogP contribution in [0.3, 0.4) is 0 Å². The number of benzene rings is 2. The van der Waals surface area contributed by atoms with Gasteiger partial charge in [0.25, 0.3) is 0 Å². The van der Waals surface area contributed by atoms with Crippen LogP contribution in [0.2, 0.25) is 0 Å². The van der Waals surface area contributed by atoms with Crippen molar-refractivity contribution in [1.29, 1.82) is 0 Å². The Bertz CT molecular complexity index is 652. The van der Waals surface area contributed by atoms with Crippen LogP contribution in [-0.4, -0.2) is 16.1 Å². The molecule has 0 saturated heterocycles. The highest BCUT2D eigenvalue weighted by atomic mass is 35.5. The molecule has 1 aliphatic carbocycles. The SMILES string of the molecule is CC1=C(N(Cc2ccccc2)Cc2ccccc2)C(Cl)C1=O. The predicted octanol–water partition coefficient (Wildman–Crippen LogP) is 4.15. The van der Waals surface area contributed by atoms with E-state index in [2.05, 4.69) is 29.2 Å². The van der Waals surface area contributed by atoms with Crippen molar-refractivity contribution in [2.24, 2.45) is 0 Å². The van der Waals surface area contributed by atoms with Crippen LogP contribution in [0, 0.1) is 0 Å². The smallest absolute Gasteiger partial charge is 0.184 e. The molecule has 3 heteroatoms. The number of rotatable bonds is 5. The molecule has 22 heavy (non-hydrogen) atoms. The molecule has 0 heterocycles. The molecule has 1 atom stereocenters. The quantitative estimate of drug-likeness (QED) is 0.773.